The number of Topliss-reactive ketones (excluding diaryl/α,β-unsaturated/α-hetero) is 1. The highest BCUT2D eigenvalue weighted by molar-refractivity contribution is 7.91. The van der Waals surface area contributed by atoms with E-state index < -0.39 is 119 Å². The highest BCUT2D eigenvalue weighted by Crippen LogP contribution is 2.57. The molecule has 0 unspecified atom stereocenters. The summed E-state index contributed by atoms with van der Waals surface area (Å²) < 4.78 is 100. The SMILES string of the molecule is C=C[C@@H]1C[C@]1(CC(=O)[C@@H]1C[C@@H](Oc2nc(-c3ccc(OC(C)C)cc3)nc3c2oc2ccccc23)CN1C(=O)OC(C)(C)C)C(=O)NS(=O)(=O)C1CC1.C=C[C@@H]1C[C@]1(N)C(=O)NS(=O)(=O)C1CC1.CC(C)Oc1ccc(-c2nc(O[C@@H]3C[C@@H](C(=O)O)N(C(=O)OC(C)(C)C)C3)c3oc4ccccc4c3n2)cc1. The molecule has 107 heavy (non-hydrogen) atoms. The Hall–Kier alpha value is -10.2. The fourth-order valence-corrected chi connectivity index (χ4v) is 15.7. The molecule has 8 aromatic rings. The van der Waals surface area contributed by atoms with Crippen LogP contribution in [0.4, 0.5) is 9.59 Å². The van der Waals surface area contributed by atoms with E-state index in [0.29, 0.717) is 88.4 Å². The number of benzene rings is 4. The van der Waals surface area contributed by atoms with Gasteiger partial charge in [-0.1, -0.05) is 36.4 Å². The molecule has 30 heteroatoms. The normalized spacial score (nSPS) is 22.6. The van der Waals surface area contributed by atoms with Gasteiger partial charge in [0.2, 0.25) is 37.1 Å². The first kappa shape index (κ1) is 76.4. The summed E-state index contributed by atoms with van der Waals surface area (Å²) in [5.74, 6) is -0.820. The maximum atomic E-state index is 14.2. The van der Waals surface area contributed by atoms with E-state index in [0.717, 1.165) is 22.1 Å². The Morgan fingerprint density at radius 3 is 1.39 bits per heavy atom. The molecule has 2 saturated heterocycles. The Morgan fingerprint density at radius 2 is 1.01 bits per heavy atom. The van der Waals surface area contributed by atoms with Gasteiger partial charge in [0.15, 0.2) is 17.4 Å². The van der Waals surface area contributed by atoms with Crippen molar-refractivity contribution >= 4 is 99.9 Å². The number of fused-ring (bicyclic) bond motifs is 6. The van der Waals surface area contributed by atoms with Gasteiger partial charge in [0, 0.05) is 47.1 Å². The third-order valence-corrected chi connectivity index (χ3v) is 22.5. The Bertz CT molecular complexity index is 5020. The van der Waals surface area contributed by atoms with Gasteiger partial charge in [-0.15, -0.1) is 13.2 Å². The molecule has 5 N–H and O–H groups in total. The number of aromatic nitrogens is 4. The summed E-state index contributed by atoms with van der Waals surface area (Å²) in [5, 5.41) is 10.4. The number of carbonyl (C=O) groups excluding carboxylic acids is 5. The van der Waals surface area contributed by atoms with Crippen LogP contribution in [0.2, 0.25) is 0 Å². The van der Waals surface area contributed by atoms with Crippen molar-refractivity contribution in [3.63, 3.8) is 0 Å². The van der Waals surface area contributed by atoms with Crippen molar-refractivity contribution in [3.8, 4) is 46.0 Å². The number of ketones is 1. The summed E-state index contributed by atoms with van der Waals surface area (Å²) in [4.78, 5) is 99.2. The predicted octanol–water partition coefficient (Wildman–Crippen LogP) is 11.5. The zero-order valence-electron chi connectivity index (χ0n) is 61.2. The first-order valence-electron chi connectivity index (χ1n) is 35.6. The second-order valence-electron chi connectivity index (χ2n) is 30.5. The number of furan rings is 2. The molecule has 6 aliphatic rings. The first-order chi connectivity index (χ1) is 50.4. The third kappa shape index (κ3) is 17.3. The van der Waals surface area contributed by atoms with Crippen LogP contribution in [0.15, 0.2) is 131 Å². The number of para-hydroxylation sites is 2. The van der Waals surface area contributed by atoms with Crippen LogP contribution in [-0.2, 0) is 48.7 Å². The van der Waals surface area contributed by atoms with Gasteiger partial charge in [0.25, 0.3) is 17.7 Å². The lowest BCUT2D eigenvalue weighted by atomic mass is 9.91. The lowest BCUT2D eigenvalue weighted by Gasteiger charge is -2.28. The molecule has 0 radical (unpaired) electrons. The number of hydrogen-bond donors (Lipinski definition) is 4. The minimum Gasteiger partial charge on any atom is -0.491 e. The van der Waals surface area contributed by atoms with Gasteiger partial charge in [-0.25, -0.2) is 41.2 Å². The monoisotopic (exact) mass is 1510 g/mol. The predicted molar refractivity (Wildman–Crippen MR) is 396 cm³/mol. The van der Waals surface area contributed by atoms with Crippen molar-refractivity contribution in [2.45, 2.75) is 191 Å². The fraction of sp³-hybridized carbons (Fsp3) is 0.455. The van der Waals surface area contributed by atoms with Crippen LogP contribution in [-0.4, -0.2) is 164 Å². The highest BCUT2D eigenvalue weighted by atomic mass is 32.2. The molecule has 6 fully saturated rings. The van der Waals surface area contributed by atoms with Gasteiger partial charge in [0.1, 0.15) is 68.7 Å². The van der Waals surface area contributed by atoms with Crippen molar-refractivity contribution in [1.29, 1.82) is 0 Å². The van der Waals surface area contributed by atoms with Crippen LogP contribution >= 0.6 is 0 Å². The van der Waals surface area contributed by atoms with Crippen LogP contribution in [0.5, 0.6) is 23.3 Å². The molecule has 568 valence electrons. The fourth-order valence-electron chi connectivity index (χ4n) is 13.0. The second kappa shape index (κ2) is 29.5. The summed E-state index contributed by atoms with van der Waals surface area (Å²) in [7, 11) is -7.31. The molecule has 8 atom stereocenters. The maximum absolute atomic E-state index is 14.2. The second-order valence-corrected chi connectivity index (χ2v) is 34.4. The van der Waals surface area contributed by atoms with Crippen LogP contribution in [0, 0.1) is 17.3 Å². The van der Waals surface area contributed by atoms with Crippen LogP contribution in [0.1, 0.15) is 127 Å². The van der Waals surface area contributed by atoms with E-state index in [1.165, 1.54) is 9.80 Å². The number of nitrogens with zero attached hydrogens (tertiary/aromatic N) is 6. The quantitative estimate of drug-likeness (QED) is 0.0458. The van der Waals surface area contributed by atoms with Gasteiger partial charge < -0.3 is 48.1 Å². The van der Waals surface area contributed by atoms with E-state index in [1.807, 2.05) is 129 Å². The number of amides is 4. The number of hydrogen-bond acceptors (Lipinski definition) is 23. The van der Waals surface area contributed by atoms with Gasteiger partial charge >= 0.3 is 18.2 Å². The molecule has 0 bridgehead atoms. The van der Waals surface area contributed by atoms with Gasteiger partial charge in [-0.05, 0) is 186 Å². The summed E-state index contributed by atoms with van der Waals surface area (Å²) >= 11 is 0. The molecule has 4 aromatic heterocycles. The molecule has 2 aliphatic heterocycles. The van der Waals surface area contributed by atoms with E-state index in [2.05, 4.69) is 22.9 Å². The van der Waals surface area contributed by atoms with Crippen molar-refractivity contribution in [2.75, 3.05) is 13.1 Å². The molecular weight excluding hydrogens is 1420 g/mol. The maximum Gasteiger partial charge on any atom is 0.411 e. The Kier molecular flexibility index (Phi) is 21.1. The van der Waals surface area contributed by atoms with Crippen molar-refractivity contribution in [3.05, 3.63) is 122 Å². The van der Waals surface area contributed by atoms with E-state index in [-0.39, 0.29) is 68.7 Å². The molecule has 4 amide bonds. The van der Waals surface area contributed by atoms with E-state index in [9.17, 15) is 50.7 Å². The molecule has 4 aromatic carbocycles. The number of carboxylic acids is 1. The minimum atomic E-state index is -3.84. The molecular formula is C77H89N9O19S2. The van der Waals surface area contributed by atoms with Crippen LogP contribution in [0.3, 0.4) is 0 Å². The van der Waals surface area contributed by atoms with Gasteiger partial charge in [-0.3, -0.25) is 33.6 Å². The van der Waals surface area contributed by atoms with Crippen molar-refractivity contribution in [2.24, 2.45) is 23.0 Å². The number of allylic oxidation sites excluding steroid dienone is 1. The van der Waals surface area contributed by atoms with Crippen LogP contribution in [0.25, 0.3) is 66.9 Å². The number of aliphatic carboxylic acids is 1. The minimum absolute atomic E-state index is 0.00644. The van der Waals surface area contributed by atoms with E-state index in [4.69, 9.17) is 57.9 Å². The van der Waals surface area contributed by atoms with E-state index >= 15 is 0 Å². The third-order valence-electron chi connectivity index (χ3n) is 18.9. The summed E-state index contributed by atoms with van der Waals surface area (Å²) in [6, 6.07) is 27.7. The number of nitrogens with one attached hydrogen (secondary N) is 2. The highest BCUT2D eigenvalue weighted by Gasteiger charge is 2.62. The number of nitrogens with two attached hydrogens (primary N) is 1. The van der Waals surface area contributed by atoms with Gasteiger partial charge in [0.05, 0.1) is 47.3 Å². The number of ether oxygens (including phenoxy) is 6. The number of carboxylic acid groups (broad SMARTS) is 1. The Morgan fingerprint density at radius 1 is 0.598 bits per heavy atom. The zero-order valence-corrected chi connectivity index (χ0v) is 62.9. The Balaban J connectivity index is 0.000000172. The number of likely N-dealkylation sites (tertiary alicyclic amines) is 2. The van der Waals surface area contributed by atoms with Gasteiger partial charge in [-0.2, -0.15) is 9.97 Å². The summed E-state index contributed by atoms with van der Waals surface area (Å²) in [6.45, 7) is 25.5. The molecule has 4 aliphatic carbocycles. The number of sulfonamides is 2. The smallest absolute Gasteiger partial charge is 0.411 e. The lowest BCUT2D eigenvalue weighted by molar-refractivity contribution is -0.142. The zero-order chi connectivity index (χ0) is 77.0. The average molecular weight is 1510 g/mol. The molecule has 28 nitrogen and oxygen atoms in total. The standard InChI is InChI=1S/C39H44N4O9S.C29H31N3O7.C9H14N2O3S/c1-7-24-19-39(24,36(45)42-53(47,48)27-16-17-27)20-30(44)29-18-26(21-43(29)37(46)52-38(4,5)6)50-35-33-32(28-10-8-9-11-31(28)51-33)40-34(41-35)23-12-14-25(15-13-23)49-22(2)3;1-16(2)36-18-12-10-17(11-13-18)25-30-23-20-8-6-7-9-22(20)38-24(23)26(31-25)37-19-14-21(27(33)34)32(15-19)28(35)39-29(3,4)5;1-2-6-5-9(6,10)8(12)11-15(13,14)7-3-4-7/h7-15,22,24,26-27,29H,1,16-21H2,2-6H3,(H,42,45);6-13,16,19,21H,14-15H2,1-5H3,(H,33,34);2,6-7H,1,3-5,10H2,(H,11,12)/t24-,26-,29+,39-;19-,21+;6-,9-/m111/s1. The number of carbonyl (C=O) groups is 6. The first-order valence-corrected chi connectivity index (χ1v) is 38.7. The molecule has 4 saturated carbocycles. The Labute approximate surface area is 619 Å². The largest absolute Gasteiger partial charge is 0.491 e. The topological polar surface area (TPSA) is 381 Å². The van der Waals surface area contributed by atoms with Crippen molar-refractivity contribution in [1.82, 2.24) is 39.2 Å². The lowest BCUT2D eigenvalue weighted by Crippen LogP contribution is -2.47. The summed E-state index contributed by atoms with van der Waals surface area (Å²) in [5.41, 5.74) is 6.20. The molecule has 6 heterocycles. The van der Waals surface area contributed by atoms with E-state index in [1.54, 1.807) is 53.7 Å². The average Bonchev–Trinajstić information content (AvgIpc) is 1.53. The molecule has 14 rings (SSSR count). The molecule has 0 spiro atoms. The summed E-state index contributed by atoms with van der Waals surface area (Å²) in [6.07, 6.45) is 3.23. The number of rotatable bonds is 22. The van der Waals surface area contributed by atoms with Crippen LogP contribution < -0.4 is 34.1 Å². The van der Waals surface area contributed by atoms with Crippen molar-refractivity contribution < 1.29 is 88.0 Å².